The summed E-state index contributed by atoms with van der Waals surface area (Å²) in [5, 5.41) is 17.2. The molecule has 0 saturated carbocycles. The van der Waals surface area contributed by atoms with Gasteiger partial charge in [0.1, 0.15) is 42.3 Å². The van der Waals surface area contributed by atoms with Crippen molar-refractivity contribution in [3.05, 3.63) is 24.2 Å². The number of nitrogens with two attached hydrogens (primary N) is 1. The molecule has 2 aliphatic rings. The van der Waals surface area contributed by atoms with Crippen LogP contribution in [0.2, 0.25) is 0 Å². The average Bonchev–Trinajstić information content (AvgIpc) is 3.47. The molecule has 2 aromatic rings. The van der Waals surface area contributed by atoms with E-state index in [1.165, 1.54) is 16.9 Å². The number of hydrogen-bond donors (Lipinski definition) is 2. The third kappa shape index (κ3) is 6.23. The first-order valence-electron chi connectivity index (χ1n) is 13.5. The van der Waals surface area contributed by atoms with Crippen molar-refractivity contribution in [3.8, 4) is 6.07 Å². The quantitative estimate of drug-likeness (QED) is 0.364. The minimum Gasteiger partial charge on any atom is -0.461 e. The van der Waals surface area contributed by atoms with E-state index in [1.54, 1.807) is 40.7 Å². The molecule has 1 amide bonds. The Balaban J connectivity index is 1.66. The second-order valence-electron chi connectivity index (χ2n) is 11.4. The zero-order chi connectivity index (χ0) is 30.8. The molecule has 42 heavy (non-hydrogen) atoms. The molecule has 2 saturated heterocycles. The molecule has 226 valence electrons. The summed E-state index contributed by atoms with van der Waals surface area (Å²) in [5.41, 5.74) is 3.63. The van der Waals surface area contributed by atoms with Crippen LogP contribution >= 0.6 is 0 Å². The highest BCUT2D eigenvalue weighted by atomic mass is 16.7. The van der Waals surface area contributed by atoms with E-state index in [2.05, 4.69) is 21.5 Å². The van der Waals surface area contributed by atoms with E-state index in [0.29, 0.717) is 5.52 Å². The molecule has 3 N–H and O–H groups in total. The molecule has 0 unspecified atom stereocenters. The van der Waals surface area contributed by atoms with E-state index >= 15 is 0 Å². The van der Waals surface area contributed by atoms with Crippen LogP contribution in [0.25, 0.3) is 5.52 Å². The van der Waals surface area contributed by atoms with Crippen LogP contribution in [0, 0.1) is 17.2 Å². The maximum absolute atomic E-state index is 13.1. The molecular weight excluding hydrogens is 552 g/mol. The summed E-state index contributed by atoms with van der Waals surface area (Å²) < 4.78 is 29.7. The van der Waals surface area contributed by atoms with Gasteiger partial charge < -0.3 is 34.7 Å². The van der Waals surface area contributed by atoms with Crippen LogP contribution < -0.4 is 11.1 Å². The minimum absolute atomic E-state index is 0.0720. The zero-order valence-electron chi connectivity index (χ0n) is 24.0. The van der Waals surface area contributed by atoms with Crippen LogP contribution in [0.4, 0.5) is 10.6 Å². The van der Waals surface area contributed by atoms with Gasteiger partial charge in [0.25, 0.3) is 0 Å². The Bertz CT molecular complexity index is 1410. The van der Waals surface area contributed by atoms with Gasteiger partial charge in [-0.3, -0.25) is 9.59 Å². The molecule has 4 heterocycles. The number of esters is 3. The second kappa shape index (κ2) is 11.8. The monoisotopic (exact) mass is 586 g/mol. The van der Waals surface area contributed by atoms with Gasteiger partial charge in [-0.05, 0) is 45.2 Å². The molecule has 0 spiro atoms. The number of nitriles is 1. The predicted octanol–water partition coefficient (Wildman–Crippen LogP) is 1.53. The summed E-state index contributed by atoms with van der Waals surface area (Å²) in [6, 6.07) is 4.06. The fraction of sp³-hybridized carbons (Fsp3) is 0.593. The lowest BCUT2D eigenvalue weighted by Crippen LogP contribution is -2.48. The maximum Gasteiger partial charge on any atom is 0.408 e. The summed E-state index contributed by atoms with van der Waals surface area (Å²) in [6.45, 7) is 7.96. The minimum atomic E-state index is -2.04. The molecule has 5 atom stereocenters. The van der Waals surface area contributed by atoms with Crippen molar-refractivity contribution in [2.45, 2.75) is 89.4 Å². The lowest BCUT2D eigenvalue weighted by Gasteiger charge is -2.28. The highest BCUT2D eigenvalue weighted by Gasteiger charge is 2.63. The van der Waals surface area contributed by atoms with E-state index in [1.807, 2.05) is 0 Å². The van der Waals surface area contributed by atoms with Crippen molar-refractivity contribution in [1.82, 2.24) is 19.9 Å². The molecule has 15 heteroatoms. The first-order chi connectivity index (χ1) is 19.8. The first-order valence-corrected chi connectivity index (χ1v) is 13.5. The number of nitrogens with zero attached hydrogens (tertiary/aromatic N) is 4. The zero-order valence-corrected chi connectivity index (χ0v) is 24.0. The summed E-state index contributed by atoms with van der Waals surface area (Å²) in [7, 11) is 0. The van der Waals surface area contributed by atoms with Gasteiger partial charge in [0.2, 0.25) is 5.60 Å². The Labute approximate surface area is 241 Å². The van der Waals surface area contributed by atoms with Crippen LogP contribution in [-0.4, -0.2) is 75.2 Å². The van der Waals surface area contributed by atoms with E-state index < -0.39 is 66.2 Å². The lowest BCUT2D eigenvalue weighted by atomic mass is 9.92. The van der Waals surface area contributed by atoms with E-state index in [4.69, 9.17) is 29.4 Å². The number of alkyl carbamates (subject to hydrolysis) is 1. The van der Waals surface area contributed by atoms with Crippen molar-refractivity contribution in [2.24, 2.45) is 5.92 Å². The van der Waals surface area contributed by atoms with Gasteiger partial charge in [-0.15, -0.1) is 0 Å². The molecule has 0 aliphatic carbocycles. The molecule has 2 aliphatic heterocycles. The van der Waals surface area contributed by atoms with Gasteiger partial charge in [0.05, 0.1) is 5.69 Å². The largest absolute Gasteiger partial charge is 0.461 e. The summed E-state index contributed by atoms with van der Waals surface area (Å²) >= 11 is 0. The normalized spacial score (nSPS) is 25.2. The van der Waals surface area contributed by atoms with Crippen LogP contribution in [-0.2, 0) is 43.7 Å². The number of amides is 1. The van der Waals surface area contributed by atoms with Crippen molar-refractivity contribution in [2.75, 3.05) is 12.3 Å². The van der Waals surface area contributed by atoms with Crippen molar-refractivity contribution in [3.63, 3.8) is 0 Å². The van der Waals surface area contributed by atoms with Gasteiger partial charge in [-0.25, -0.2) is 19.1 Å². The smallest absolute Gasteiger partial charge is 0.408 e. The van der Waals surface area contributed by atoms with Gasteiger partial charge in [-0.2, -0.15) is 10.4 Å². The molecule has 2 aromatic heterocycles. The Morgan fingerprint density at radius 2 is 1.93 bits per heavy atom. The number of nitrogens with one attached hydrogen (secondary N) is 1. The van der Waals surface area contributed by atoms with Crippen molar-refractivity contribution < 1.29 is 42.9 Å². The Morgan fingerprint density at radius 3 is 2.57 bits per heavy atom. The van der Waals surface area contributed by atoms with Crippen molar-refractivity contribution >= 4 is 35.3 Å². The Kier molecular flexibility index (Phi) is 8.58. The molecular formula is C27H34N6O9. The van der Waals surface area contributed by atoms with E-state index in [0.717, 1.165) is 0 Å². The van der Waals surface area contributed by atoms with Crippen molar-refractivity contribution in [1.29, 1.82) is 5.26 Å². The molecule has 2 fully saturated rings. The number of hydrogen-bond acceptors (Lipinski definition) is 13. The molecule has 15 nitrogen and oxygen atoms in total. The first kappa shape index (κ1) is 30.5. The van der Waals surface area contributed by atoms with E-state index in [-0.39, 0.29) is 36.7 Å². The topological polar surface area (TPSA) is 206 Å². The highest BCUT2D eigenvalue weighted by molar-refractivity contribution is 5.81. The number of carbonyl (C=O) groups excluding carboxylic acids is 4. The van der Waals surface area contributed by atoms with Crippen LogP contribution in [0.15, 0.2) is 18.5 Å². The number of anilines is 1. The van der Waals surface area contributed by atoms with Gasteiger partial charge in [-0.1, -0.05) is 13.8 Å². The fourth-order valence-electron chi connectivity index (χ4n) is 4.78. The number of carbonyl (C=O) groups is 4. The van der Waals surface area contributed by atoms with Crippen LogP contribution in [0.3, 0.4) is 0 Å². The number of rotatable bonds is 6. The standard InChI is InChI=1S/C27H34N6O9/c1-14(2)20(32-25(37)42-26(3,4)5)24(36)38-11-16-21-22(40-19(35)8-6-7-18(34)39-21)27(12-28,41-16)17-10-9-15-23(29)30-13-31-33(15)17/h9-10,13-14,16,20-22H,6-8,11H2,1-5H3,(H,32,37)(H2,29,30,31)/t16-,20+,21-,22-,27+/m1/s1. The third-order valence-corrected chi connectivity index (χ3v) is 6.70. The predicted molar refractivity (Wildman–Crippen MR) is 142 cm³/mol. The van der Waals surface area contributed by atoms with Gasteiger partial charge >= 0.3 is 24.0 Å². The van der Waals surface area contributed by atoms with E-state index in [9.17, 15) is 24.4 Å². The second-order valence-corrected chi connectivity index (χ2v) is 11.4. The average molecular weight is 587 g/mol. The third-order valence-electron chi connectivity index (χ3n) is 6.70. The fourth-order valence-corrected chi connectivity index (χ4v) is 4.78. The highest BCUT2D eigenvalue weighted by Crippen LogP contribution is 2.44. The SMILES string of the molecule is CC(C)[C@H](NC(=O)OC(C)(C)C)C(=O)OC[C@H]1O[C@@](C#N)(c2ccc3c(N)ncnn23)[C@@H]2OC(=O)CCCC(=O)O[C@@H]21. The molecule has 0 radical (unpaired) electrons. The van der Waals surface area contributed by atoms with Gasteiger partial charge in [0, 0.05) is 12.8 Å². The summed E-state index contributed by atoms with van der Waals surface area (Å²) in [4.78, 5) is 54.8. The molecule has 4 rings (SSSR count). The number of nitrogen functional groups attached to an aromatic ring is 1. The Morgan fingerprint density at radius 1 is 1.24 bits per heavy atom. The maximum atomic E-state index is 13.1. The van der Waals surface area contributed by atoms with Crippen LogP contribution in [0.5, 0.6) is 0 Å². The number of fused-ring (bicyclic) bond motifs is 2. The molecule has 0 bridgehead atoms. The molecule has 0 aromatic carbocycles. The number of ether oxygens (including phenoxy) is 5. The summed E-state index contributed by atoms with van der Waals surface area (Å²) in [5.74, 6) is -2.39. The lowest BCUT2D eigenvalue weighted by molar-refractivity contribution is -0.167. The number of aromatic nitrogens is 3. The Hall–Kier alpha value is -4.45. The van der Waals surface area contributed by atoms with Crippen LogP contribution in [0.1, 0.15) is 59.6 Å². The van der Waals surface area contributed by atoms with Gasteiger partial charge in [0.15, 0.2) is 18.0 Å². The summed E-state index contributed by atoms with van der Waals surface area (Å²) in [6.07, 6.45) is -3.62.